The summed E-state index contributed by atoms with van der Waals surface area (Å²) in [6, 6.07) is 0.367. The number of hydrogen-bond acceptors (Lipinski definition) is 3. The lowest BCUT2D eigenvalue weighted by Crippen LogP contribution is -2.03. The molecule has 1 aromatic heterocycles. The summed E-state index contributed by atoms with van der Waals surface area (Å²) in [6.45, 7) is 4.13. The number of aromatic nitrogens is 3. The molecule has 4 heteroatoms. The fourth-order valence-electron chi connectivity index (χ4n) is 0.695. The Bertz CT molecular complexity index is 207. The van der Waals surface area contributed by atoms with Crippen molar-refractivity contribution >= 4 is 11.8 Å². The lowest BCUT2D eigenvalue weighted by Gasteiger charge is -2.05. The molecule has 0 spiro atoms. The molecule has 3 nitrogen and oxygen atoms in total. The Kier molecular flexibility index (Phi) is 2.32. The minimum absolute atomic E-state index is 0.367. The van der Waals surface area contributed by atoms with E-state index in [2.05, 4.69) is 30.4 Å². The van der Waals surface area contributed by atoms with Crippen LogP contribution in [0.25, 0.3) is 0 Å². The Morgan fingerprint density at radius 1 is 1.70 bits per heavy atom. The van der Waals surface area contributed by atoms with Crippen LogP contribution in [0, 0.1) is 6.26 Å². The van der Waals surface area contributed by atoms with Gasteiger partial charge < -0.3 is 0 Å². The number of thioether (sulfide) groups is 1. The van der Waals surface area contributed by atoms with E-state index in [4.69, 9.17) is 0 Å². The van der Waals surface area contributed by atoms with E-state index in [1.807, 2.05) is 4.68 Å². The van der Waals surface area contributed by atoms with Crippen LogP contribution in [-0.4, -0.2) is 15.0 Å². The lowest BCUT2D eigenvalue weighted by molar-refractivity contribution is 0.479. The van der Waals surface area contributed by atoms with Crippen LogP contribution in [0.4, 0.5) is 0 Å². The SMILES string of the molecule is [CH2]Sc1cnnn1C(C)C. The van der Waals surface area contributed by atoms with Crippen LogP contribution in [0.3, 0.4) is 0 Å². The maximum absolute atomic E-state index is 3.89. The largest absolute Gasteiger partial charge is 0.236 e. The van der Waals surface area contributed by atoms with Crippen LogP contribution < -0.4 is 0 Å². The van der Waals surface area contributed by atoms with Crippen LogP contribution in [0.5, 0.6) is 0 Å². The highest BCUT2D eigenvalue weighted by molar-refractivity contribution is 8.00. The summed E-state index contributed by atoms with van der Waals surface area (Å²) in [5.74, 6) is 0. The van der Waals surface area contributed by atoms with Crippen molar-refractivity contribution in [2.24, 2.45) is 0 Å². The van der Waals surface area contributed by atoms with Crippen LogP contribution in [0.15, 0.2) is 11.2 Å². The van der Waals surface area contributed by atoms with Crippen molar-refractivity contribution in [1.29, 1.82) is 0 Å². The normalized spacial score (nSPS) is 10.8. The van der Waals surface area contributed by atoms with E-state index in [-0.39, 0.29) is 0 Å². The van der Waals surface area contributed by atoms with Crippen molar-refractivity contribution in [1.82, 2.24) is 15.0 Å². The summed E-state index contributed by atoms with van der Waals surface area (Å²) in [5.41, 5.74) is 0. The van der Waals surface area contributed by atoms with Crippen molar-refractivity contribution in [3.8, 4) is 0 Å². The minimum atomic E-state index is 0.367. The molecule has 0 unspecified atom stereocenters. The predicted molar refractivity (Wildman–Crippen MR) is 41.6 cm³/mol. The average Bonchev–Trinajstić information content (AvgIpc) is 2.33. The summed E-state index contributed by atoms with van der Waals surface area (Å²) < 4.78 is 1.84. The van der Waals surface area contributed by atoms with E-state index in [0.29, 0.717) is 6.04 Å². The summed E-state index contributed by atoms with van der Waals surface area (Å²) in [5, 5.41) is 8.67. The van der Waals surface area contributed by atoms with Crippen LogP contribution in [0.2, 0.25) is 0 Å². The van der Waals surface area contributed by atoms with Gasteiger partial charge in [0.15, 0.2) is 0 Å². The monoisotopic (exact) mass is 156 g/mol. The Morgan fingerprint density at radius 3 is 2.80 bits per heavy atom. The van der Waals surface area contributed by atoms with E-state index >= 15 is 0 Å². The first-order valence-electron chi connectivity index (χ1n) is 3.08. The first-order chi connectivity index (χ1) is 4.75. The summed E-state index contributed by atoms with van der Waals surface area (Å²) in [4.78, 5) is 0. The molecule has 0 aliphatic heterocycles. The molecule has 1 aromatic rings. The van der Waals surface area contributed by atoms with E-state index in [9.17, 15) is 0 Å². The zero-order chi connectivity index (χ0) is 7.56. The van der Waals surface area contributed by atoms with Crippen molar-refractivity contribution in [3.63, 3.8) is 0 Å². The van der Waals surface area contributed by atoms with Crippen LogP contribution in [-0.2, 0) is 0 Å². The van der Waals surface area contributed by atoms with Gasteiger partial charge in [-0.2, -0.15) is 0 Å². The molecule has 0 bridgehead atoms. The molecule has 0 saturated carbocycles. The van der Waals surface area contributed by atoms with Gasteiger partial charge in [-0.05, 0) is 13.8 Å². The molecule has 1 rings (SSSR count). The van der Waals surface area contributed by atoms with E-state index in [1.54, 1.807) is 6.20 Å². The highest BCUT2D eigenvalue weighted by Gasteiger charge is 2.03. The summed E-state index contributed by atoms with van der Waals surface area (Å²) in [6.07, 6.45) is 5.41. The van der Waals surface area contributed by atoms with Gasteiger partial charge in [0.25, 0.3) is 0 Å². The van der Waals surface area contributed by atoms with Crippen molar-refractivity contribution < 1.29 is 0 Å². The number of nitrogens with zero attached hydrogens (tertiary/aromatic N) is 3. The summed E-state index contributed by atoms with van der Waals surface area (Å²) >= 11 is 1.42. The third kappa shape index (κ3) is 1.31. The molecule has 0 aliphatic rings. The first-order valence-corrected chi connectivity index (χ1v) is 4.06. The Labute approximate surface area is 64.8 Å². The van der Waals surface area contributed by atoms with E-state index < -0.39 is 0 Å². The van der Waals surface area contributed by atoms with Gasteiger partial charge in [0.1, 0.15) is 5.03 Å². The highest BCUT2D eigenvalue weighted by atomic mass is 32.2. The van der Waals surface area contributed by atoms with Gasteiger partial charge >= 0.3 is 0 Å². The molecular weight excluding hydrogens is 146 g/mol. The molecule has 0 saturated heterocycles. The zero-order valence-corrected chi connectivity index (χ0v) is 6.93. The Morgan fingerprint density at radius 2 is 2.40 bits per heavy atom. The van der Waals surface area contributed by atoms with Crippen LogP contribution >= 0.6 is 11.8 Å². The maximum Gasteiger partial charge on any atom is 0.115 e. The molecule has 0 atom stereocenters. The Hall–Kier alpha value is -0.510. The molecular formula is C6H10N3S. The van der Waals surface area contributed by atoms with E-state index in [0.717, 1.165) is 5.03 Å². The van der Waals surface area contributed by atoms with Gasteiger partial charge in [-0.25, -0.2) is 4.68 Å². The fourth-order valence-corrected chi connectivity index (χ4v) is 1.20. The van der Waals surface area contributed by atoms with Gasteiger partial charge in [0, 0.05) is 12.3 Å². The lowest BCUT2D eigenvalue weighted by atomic mass is 10.4. The van der Waals surface area contributed by atoms with Gasteiger partial charge in [-0.15, -0.1) is 16.9 Å². The van der Waals surface area contributed by atoms with E-state index in [1.165, 1.54) is 11.8 Å². The molecule has 0 N–H and O–H groups in total. The fraction of sp³-hybridized carbons (Fsp3) is 0.500. The molecule has 0 aromatic carbocycles. The smallest absolute Gasteiger partial charge is 0.115 e. The topological polar surface area (TPSA) is 30.7 Å². The maximum atomic E-state index is 3.89. The molecule has 0 amide bonds. The number of rotatable bonds is 2. The van der Waals surface area contributed by atoms with Gasteiger partial charge in [0.05, 0.1) is 6.20 Å². The number of hydrogen-bond donors (Lipinski definition) is 0. The summed E-state index contributed by atoms with van der Waals surface area (Å²) in [7, 11) is 0. The minimum Gasteiger partial charge on any atom is -0.236 e. The Balaban J connectivity index is 2.90. The van der Waals surface area contributed by atoms with Gasteiger partial charge in [-0.3, -0.25) is 0 Å². The highest BCUT2D eigenvalue weighted by Crippen LogP contribution is 2.17. The third-order valence-corrected chi connectivity index (χ3v) is 1.77. The molecule has 1 heterocycles. The zero-order valence-electron chi connectivity index (χ0n) is 6.11. The second-order valence-electron chi connectivity index (χ2n) is 2.25. The average molecular weight is 156 g/mol. The van der Waals surface area contributed by atoms with Crippen molar-refractivity contribution in [2.75, 3.05) is 0 Å². The molecule has 0 fully saturated rings. The van der Waals surface area contributed by atoms with Crippen molar-refractivity contribution in [3.05, 3.63) is 12.5 Å². The third-order valence-electron chi connectivity index (χ3n) is 1.18. The molecule has 10 heavy (non-hydrogen) atoms. The van der Waals surface area contributed by atoms with Crippen molar-refractivity contribution in [2.45, 2.75) is 24.9 Å². The molecule has 1 radical (unpaired) electrons. The second-order valence-corrected chi connectivity index (χ2v) is 2.96. The van der Waals surface area contributed by atoms with Gasteiger partial charge in [-0.1, -0.05) is 5.21 Å². The molecule has 0 aliphatic carbocycles. The predicted octanol–water partition coefficient (Wildman–Crippen LogP) is 1.74. The first kappa shape index (κ1) is 7.60. The molecule has 55 valence electrons. The second kappa shape index (κ2) is 3.05. The quantitative estimate of drug-likeness (QED) is 0.611. The van der Waals surface area contributed by atoms with Crippen LogP contribution in [0.1, 0.15) is 19.9 Å². The standard InChI is InChI=1S/C6H10N3S/c1-5(2)9-6(10-3)4-7-8-9/h4-5H,3H2,1-2H3. The van der Waals surface area contributed by atoms with Gasteiger partial charge in [0.2, 0.25) is 0 Å².